The van der Waals surface area contributed by atoms with Crippen LogP contribution < -0.4 is 4.72 Å². The summed E-state index contributed by atoms with van der Waals surface area (Å²) in [5.74, 6) is 0.488. The van der Waals surface area contributed by atoms with Crippen LogP contribution in [0.3, 0.4) is 0 Å². The molecule has 0 spiro atoms. The van der Waals surface area contributed by atoms with Gasteiger partial charge in [0, 0.05) is 10.9 Å². The summed E-state index contributed by atoms with van der Waals surface area (Å²) in [6.45, 7) is 5.82. The van der Waals surface area contributed by atoms with Crippen LogP contribution in [0.2, 0.25) is 0 Å². The maximum absolute atomic E-state index is 12.1. The zero-order valence-corrected chi connectivity index (χ0v) is 12.6. The van der Waals surface area contributed by atoms with Crippen molar-refractivity contribution < 1.29 is 13.5 Å². The third kappa shape index (κ3) is 4.05. The SMILES string of the molecule is CCC(C)CC(C)NS(=O)(=O)c1ccsc1CO. The van der Waals surface area contributed by atoms with E-state index in [2.05, 4.69) is 18.6 Å². The van der Waals surface area contributed by atoms with Gasteiger partial charge < -0.3 is 5.11 Å². The Labute approximate surface area is 113 Å². The van der Waals surface area contributed by atoms with E-state index in [-0.39, 0.29) is 17.5 Å². The van der Waals surface area contributed by atoms with Gasteiger partial charge in [0.1, 0.15) is 0 Å². The lowest BCUT2D eigenvalue weighted by atomic mass is 10.0. The summed E-state index contributed by atoms with van der Waals surface area (Å²) in [7, 11) is -3.51. The maximum Gasteiger partial charge on any atom is 0.242 e. The summed E-state index contributed by atoms with van der Waals surface area (Å²) in [4.78, 5) is 0.684. The smallest absolute Gasteiger partial charge is 0.242 e. The highest BCUT2D eigenvalue weighted by atomic mass is 32.2. The van der Waals surface area contributed by atoms with Gasteiger partial charge in [0.15, 0.2) is 0 Å². The lowest BCUT2D eigenvalue weighted by molar-refractivity contribution is 0.282. The van der Waals surface area contributed by atoms with Crippen LogP contribution in [-0.4, -0.2) is 19.6 Å². The quantitative estimate of drug-likeness (QED) is 0.810. The first-order valence-electron chi connectivity index (χ1n) is 6.10. The van der Waals surface area contributed by atoms with Crippen LogP contribution in [0, 0.1) is 5.92 Å². The first-order chi connectivity index (χ1) is 8.40. The molecule has 0 aliphatic carbocycles. The molecule has 1 aromatic heterocycles. The second kappa shape index (κ2) is 6.65. The molecule has 4 nitrogen and oxygen atoms in total. The zero-order chi connectivity index (χ0) is 13.8. The summed E-state index contributed by atoms with van der Waals surface area (Å²) < 4.78 is 26.9. The normalized spacial score (nSPS) is 15.6. The number of thiophene rings is 1. The molecule has 0 aromatic carbocycles. The van der Waals surface area contributed by atoms with Crippen LogP contribution in [-0.2, 0) is 16.6 Å². The first-order valence-corrected chi connectivity index (χ1v) is 8.46. The monoisotopic (exact) mass is 291 g/mol. The average molecular weight is 291 g/mol. The molecule has 0 radical (unpaired) electrons. The van der Waals surface area contributed by atoms with Gasteiger partial charge in [0.2, 0.25) is 10.0 Å². The Morgan fingerprint density at radius 2 is 2.11 bits per heavy atom. The Hall–Kier alpha value is -0.430. The first kappa shape index (κ1) is 15.6. The second-order valence-electron chi connectivity index (χ2n) is 4.64. The fraction of sp³-hybridized carbons (Fsp3) is 0.667. The molecule has 104 valence electrons. The van der Waals surface area contributed by atoms with Gasteiger partial charge >= 0.3 is 0 Å². The lowest BCUT2D eigenvalue weighted by Gasteiger charge is -2.17. The molecule has 6 heteroatoms. The molecule has 0 bridgehead atoms. The standard InChI is InChI=1S/C12H21NO3S2/c1-4-9(2)7-10(3)13-18(15,16)12-5-6-17-11(12)8-14/h5-6,9-10,13-14H,4,7-8H2,1-3H3. The minimum atomic E-state index is -3.51. The Morgan fingerprint density at radius 3 is 2.67 bits per heavy atom. The van der Waals surface area contributed by atoms with Crippen molar-refractivity contribution in [2.75, 3.05) is 0 Å². The number of nitrogens with one attached hydrogen (secondary N) is 1. The zero-order valence-electron chi connectivity index (χ0n) is 11.0. The van der Waals surface area contributed by atoms with Crippen molar-refractivity contribution in [2.45, 2.75) is 51.2 Å². The number of aliphatic hydroxyl groups excluding tert-OH is 1. The summed E-state index contributed by atoms with van der Waals surface area (Å²) in [5.41, 5.74) is 0. The van der Waals surface area contributed by atoms with E-state index in [0.29, 0.717) is 10.8 Å². The third-order valence-electron chi connectivity index (χ3n) is 2.95. The molecule has 0 fully saturated rings. The summed E-state index contributed by atoms with van der Waals surface area (Å²) >= 11 is 1.25. The Bertz CT molecular complexity index is 467. The molecule has 0 amide bonds. The van der Waals surface area contributed by atoms with Gasteiger partial charge in [0.25, 0.3) is 0 Å². The van der Waals surface area contributed by atoms with Crippen molar-refractivity contribution in [3.05, 3.63) is 16.3 Å². The molecular formula is C12H21NO3S2. The van der Waals surface area contributed by atoms with Gasteiger partial charge in [-0.2, -0.15) is 0 Å². The molecule has 2 unspecified atom stereocenters. The Morgan fingerprint density at radius 1 is 1.44 bits per heavy atom. The van der Waals surface area contributed by atoms with Crippen molar-refractivity contribution >= 4 is 21.4 Å². The molecule has 1 heterocycles. The van der Waals surface area contributed by atoms with E-state index >= 15 is 0 Å². The topological polar surface area (TPSA) is 66.4 Å². The number of aliphatic hydroxyl groups is 1. The highest BCUT2D eigenvalue weighted by molar-refractivity contribution is 7.89. The van der Waals surface area contributed by atoms with E-state index in [1.165, 1.54) is 17.4 Å². The van der Waals surface area contributed by atoms with Crippen molar-refractivity contribution in [1.29, 1.82) is 0 Å². The van der Waals surface area contributed by atoms with Crippen molar-refractivity contribution in [2.24, 2.45) is 5.92 Å². The maximum atomic E-state index is 12.1. The highest BCUT2D eigenvalue weighted by Gasteiger charge is 2.22. The van der Waals surface area contributed by atoms with Crippen molar-refractivity contribution in [1.82, 2.24) is 4.72 Å². The number of rotatable bonds is 7. The van der Waals surface area contributed by atoms with Crippen molar-refractivity contribution in [3.8, 4) is 0 Å². The number of sulfonamides is 1. The van der Waals surface area contributed by atoms with E-state index in [1.807, 2.05) is 6.92 Å². The molecule has 0 aliphatic rings. The molecule has 2 N–H and O–H groups in total. The van der Waals surface area contributed by atoms with Crippen LogP contribution in [0.25, 0.3) is 0 Å². The van der Waals surface area contributed by atoms with E-state index in [4.69, 9.17) is 5.11 Å². The third-order valence-corrected chi connectivity index (χ3v) is 5.66. The van der Waals surface area contributed by atoms with E-state index in [0.717, 1.165) is 12.8 Å². The van der Waals surface area contributed by atoms with Crippen LogP contribution in [0.4, 0.5) is 0 Å². The van der Waals surface area contributed by atoms with Gasteiger partial charge in [0.05, 0.1) is 11.5 Å². The summed E-state index contributed by atoms with van der Waals surface area (Å²) in [5, 5.41) is 10.8. The Kier molecular flexibility index (Phi) is 5.78. The van der Waals surface area contributed by atoms with E-state index < -0.39 is 10.0 Å². The average Bonchev–Trinajstić information content (AvgIpc) is 2.76. The fourth-order valence-corrected chi connectivity index (χ4v) is 4.38. The van der Waals surface area contributed by atoms with Gasteiger partial charge in [-0.05, 0) is 30.7 Å². The molecule has 1 rings (SSSR count). The Balaban J connectivity index is 2.76. The molecule has 1 aromatic rings. The predicted molar refractivity (Wildman–Crippen MR) is 74.1 cm³/mol. The predicted octanol–water partition coefficient (Wildman–Crippen LogP) is 2.34. The van der Waals surface area contributed by atoms with E-state index in [1.54, 1.807) is 5.38 Å². The summed E-state index contributed by atoms with van der Waals surface area (Å²) in [6, 6.07) is 1.44. The van der Waals surface area contributed by atoms with Crippen molar-refractivity contribution in [3.63, 3.8) is 0 Å². The number of hydrogen-bond donors (Lipinski definition) is 2. The molecular weight excluding hydrogens is 270 g/mol. The lowest BCUT2D eigenvalue weighted by Crippen LogP contribution is -2.34. The molecule has 18 heavy (non-hydrogen) atoms. The van der Waals surface area contributed by atoms with Crippen LogP contribution in [0.1, 0.15) is 38.5 Å². The van der Waals surface area contributed by atoms with Crippen LogP contribution in [0.5, 0.6) is 0 Å². The van der Waals surface area contributed by atoms with Gasteiger partial charge in [-0.15, -0.1) is 11.3 Å². The number of hydrogen-bond acceptors (Lipinski definition) is 4. The summed E-state index contributed by atoms with van der Waals surface area (Å²) in [6.07, 6.45) is 1.85. The molecule has 0 aliphatic heterocycles. The van der Waals surface area contributed by atoms with Crippen LogP contribution >= 0.6 is 11.3 Å². The van der Waals surface area contributed by atoms with Gasteiger partial charge in [-0.3, -0.25) is 0 Å². The van der Waals surface area contributed by atoms with Gasteiger partial charge in [-0.25, -0.2) is 13.1 Å². The minimum Gasteiger partial charge on any atom is -0.391 e. The largest absolute Gasteiger partial charge is 0.391 e. The highest BCUT2D eigenvalue weighted by Crippen LogP contribution is 2.22. The minimum absolute atomic E-state index is 0.101. The van der Waals surface area contributed by atoms with Gasteiger partial charge in [-0.1, -0.05) is 20.3 Å². The molecule has 0 saturated heterocycles. The molecule has 0 saturated carbocycles. The fourth-order valence-electron chi connectivity index (χ4n) is 1.83. The van der Waals surface area contributed by atoms with Crippen LogP contribution in [0.15, 0.2) is 16.3 Å². The second-order valence-corrected chi connectivity index (χ2v) is 7.32. The molecule has 2 atom stereocenters. The van der Waals surface area contributed by atoms with E-state index in [9.17, 15) is 8.42 Å².